The summed E-state index contributed by atoms with van der Waals surface area (Å²) in [6.45, 7) is 12.4. The Morgan fingerprint density at radius 3 is 2.33 bits per heavy atom. The van der Waals surface area contributed by atoms with E-state index in [0.29, 0.717) is 5.92 Å². The third kappa shape index (κ3) is 3.92. The van der Waals surface area contributed by atoms with Crippen molar-refractivity contribution >= 4 is 30.3 Å². The van der Waals surface area contributed by atoms with Crippen molar-refractivity contribution in [2.24, 2.45) is 0 Å². The number of aromatic nitrogens is 1. The van der Waals surface area contributed by atoms with Crippen molar-refractivity contribution in [3.63, 3.8) is 0 Å². The molecule has 1 aliphatic heterocycles. The van der Waals surface area contributed by atoms with Gasteiger partial charge in [-0.3, -0.25) is 0 Å². The Morgan fingerprint density at radius 1 is 1.07 bits per heavy atom. The van der Waals surface area contributed by atoms with Crippen LogP contribution in [0.4, 0.5) is 11.5 Å². The van der Waals surface area contributed by atoms with Crippen LogP contribution >= 0.6 is 0 Å². The predicted octanol–water partition coefficient (Wildman–Crippen LogP) is 4.25. The van der Waals surface area contributed by atoms with Crippen LogP contribution in [-0.2, 0) is 9.31 Å². The Labute approximate surface area is 162 Å². The van der Waals surface area contributed by atoms with E-state index in [0.717, 1.165) is 28.2 Å². The lowest BCUT2D eigenvalue weighted by atomic mass is 9.78. The maximum Gasteiger partial charge on any atom is 0.494 e. The smallest absolute Gasteiger partial charge is 0.399 e. The van der Waals surface area contributed by atoms with Gasteiger partial charge in [0.05, 0.1) is 11.2 Å². The van der Waals surface area contributed by atoms with E-state index in [2.05, 4.69) is 24.1 Å². The first-order valence-corrected chi connectivity index (χ1v) is 9.37. The van der Waals surface area contributed by atoms with Gasteiger partial charge in [-0.15, -0.1) is 0 Å². The molecule has 2 N–H and O–H groups in total. The second-order valence-corrected chi connectivity index (χ2v) is 8.31. The third-order valence-electron chi connectivity index (χ3n) is 5.38. The molecule has 0 saturated carbocycles. The molecule has 2 heterocycles. The molecule has 3 rings (SSSR count). The van der Waals surface area contributed by atoms with Crippen molar-refractivity contribution < 1.29 is 9.31 Å². The fraction of sp³-hybridized carbons (Fsp3) is 0.429. The van der Waals surface area contributed by atoms with Crippen LogP contribution in [0.2, 0.25) is 0 Å². The van der Waals surface area contributed by atoms with Crippen LogP contribution in [0.1, 0.15) is 58.7 Å². The van der Waals surface area contributed by atoms with Crippen LogP contribution in [0.5, 0.6) is 0 Å². The van der Waals surface area contributed by atoms with Gasteiger partial charge in [0.25, 0.3) is 0 Å². The molecule has 0 radical (unpaired) electrons. The fourth-order valence-corrected chi connectivity index (χ4v) is 2.91. The number of hydrogen-bond acceptors (Lipinski definition) is 5. The quantitative estimate of drug-likeness (QED) is 0.614. The van der Waals surface area contributed by atoms with E-state index in [9.17, 15) is 0 Å². The van der Waals surface area contributed by atoms with Crippen LogP contribution in [0.25, 0.3) is 0 Å². The van der Waals surface area contributed by atoms with E-state index in [-0.39, 0.29) is 0 Å². The van der Waals surface area contributed by atoms with Gasteiger partial charge in [-0.25, -0.2) is 4.98 Å². The first-order chi connectivity index (χ1) is 12.6. The molecule has 142 valence electrons. The normalized spacial score (nSPS) is 18.0. The number of pyridine rings is 1. The van der Waals surface area contributed by atoms with Gasteiger partial charge in [0.1, 0.15) is 5.82 Å². The summed E-state index contributed by atoms with van der Waals surface area (Å²) in [4.78, 5) is 4.67. The van der Waals surface area contributed by atoms with E-state index in [1.165, 1.54) is 6.21 Å². The third-order valence-corrected chi connectivity index (χ3v) is 5.38. The van der Waals surface area contributed by atoms with Gasteiger partial charge in [0.2, 0.25) is 0 Å². The summed E-state index contributed by atoms with van der Waals surface area (Å²) < 4.78 is 12.3. The molecular weight excluding hydrogens is 337 g/mol. The van der Waals surface area contributed by atoms with E-state index < -0.39 is 18.3 Å². The summed E-state index contributed by atoms with van der Waals surface area (Å²) in [6, 6.07) is 11.8. The fourth-order valence-electron chi connectivity index (χ4n) is 2.91. The highest BCUT2D eigenvalue weighted by molar-refractivity contribution is 6.62. The molecule has 2 aromatic rings. The number of benzene rings is 1. The topological polar surface area (TPSA) is 67.2 Å². The van der Waals surface area contributed by atoms with Crippen LogP contribution in [0, 0.1) is 5.41 Å². The van der Waals surface area contributed by atoms with Crippen LogP contribution in [0.15, 0.2) is 36.4 Å². The van der Waals surface area contributed by atoms with Crippen LogP contribution < -0.4 is 10.8 Å². The van der Waals surface area contributed by atoms with E-state index in [1.807, 2.05) is 64.1 Å². The molecule has 1 aromatic heterocycles. The van der Waals surface area contributed by atoms with Crippen molar-refractivity contribution in [3.8, 4) is 0 Å². The van der Waals surface area contributed by atoms with E-state index >= 15 is 0 Å². The zero-order valence-corrected chi connectivity index (χ0v) is 17.0. The number of rotatable bonds is 5. The molecule has 0 aliphatic carbocycles. The molecule has 0 spiro atoms. The second-order valence-electron chi connectivity index (χ2n) is 8.31. The van der Waals surface area contributed by atoms with Crippen molar-refractivity contribution in [1.82, 2.24) is 4.98 Å². The summed E-state index contributed by atoms with van der Waals surface area (Å²) in [5.41, 5.74) is 2.76. The van der Waals surface area contributed by atoms with Crippen molar-refractivity contribution in [3.05, 3.63) is 47.7 Å². The Kier molecular flexibility index (Phi) is 5.15. The lowest BCUT2D eigenvalue weighted by molar-refractivity contribution is 0.00578. The summed E-state index contributed by atoms with van der Waals surface area (Å²) in [5, 5.41) is 11.1. The molecule has 1 fully saturated rings. The highest BCUT2D eigenvalue weighted by Gasteiger charge is 2.51. The van der Waals surface area contributed by atoms with Gasteiger partial charge in [-0.2, -0.15) is 0 Å². The van der Waals surface area contributed by atoms with Gasteiger partial charge < -0.3 is 20.0 Å². The zero-order chi connectivity index (χ0) is 19.8. The molecule has 1 saturated heterocycles. The Balaban J connectivity index is 1.91. The molecule has 0 unspecified atom stereocenters. The second kappa shape index (κ2) is 7.10. The number of anilines is 2. The average Bonchev–Trinajstić information content (AvgIpc) is 2.83. The highest BCUT2D eigenvalue weighted by Crippen LogP contribution is 2.36. The van der Waals surface area contributed by atoms with Crippen LogP contribution in [-0.4, -0.2) is 29.5 Å². The molecule has 0 amide bonds. The highest BCUT2D eigenvalue weighted by atomic mass is 16.7. The summed E-state index contributed by atoms with van der Waals surface area (Å²) in [7, 11) is -0.440. The largest absolute Gasteiger partial charge is 0.494 e. The van der Waals surface area contributed by atoms with Gasteiger partial charge in [-0.05, 0) is 57.3 Å². The molecule has 5 nitrogen and oxygen atoms in total. The maximum atomic E-state index is 7.72. The summed E-state index contributed by atoms with van der Waals surface area (Å²) in [6.07, 6.45) is 1.34. The number of hydrogen-bond donors (Lipinski definition) is 2. The molecule has 27 heavy (non-hydrogen) atoms. The van der Waals surface area contributed by atoms with Crippen LogP contribution in [0.3, 0.4) is 0 Å². The summed E-state index contributed by atoms with van der Waals surface area (Å²) in [5.74, 6) is 1.11. The molecule has 6 heteroatoms. The summed E-state index contributed by atoms with van der Waals surface area (Å²) >= 11 is 0. The Bertz CT molecular complexity index is 833. The van der Waals surface area contributed by atoms with E-state index in [1.54, 1.807) is 0 Å². The molecule has 0 bridgehead atoms. The van der Waals surface area contributed by atoms with Gasteiger partial charge in [0.15, 0.2) is 0 Å². The van der Waals surface area contributed by atoms with Crippen molar-refractivity contribution in [2.45, 2.75) is 58.7 Å². The minimum absolute atomic E-state index is 0.352. The minimum Gasteiger partial charge on any atom is -0.399 e. The predicted molar refractivity (Wildman–Crippen MR) is 112 cm³/mol. The van der Waals surface area contributed by atoms with Gasteiger partial charge in [-0.1, -0.05) is 32.0 Å². The lowest BCUT2D eigenvalue weighted by Crippen LogP contribution is -2.41. The lowest BCUT2D eigenvalue weighted by Gasteiger charge is -2.32. The van der Waals surface area contributed by atoms with Gasteiger partial charge in [0, 0.05) is 23.2 Å². The monoisotopic (exact) mass is 365 g/mol. The zero-order valence-electron chi connectivity index (χ0n) is 17.0. The molecule has 1 aliphatic rings. The maximum absolute atomic E-state index is 7.72. The Morgan fingerprint density at radius 2 is 1.74 bits per heavy atom. The minimum atomic E-state index is -0.440. The first kappa shape index (κ1) is 19.6. The average molecular weight is 365 g/mol. The van der Waals surface area contributed by atoms with Gasteiger partial charge >= 0.3 is 7.12 Å². The van der Waals surface area contributed by atoms with E-state index in [4.69, 9.17) is 14.7 Å². The van der Waals surface area contributed by atoms with Crippen molar-refractivity contribution in [1.29, 1.82) is 5.41 Å². The number of nitrogens with one attached hydrogen (secondary N) is 2. The Hall–Kier alpha value is -2.18. The standard InChI is InChI=1S/C21H28BN3O2/c1-14(2)17-8-7-9-19(24-17)25-18-12-16(11-10-15(18)13-23)22-26-20(3,4)21(5,6)27-22/h7-14,23H,1-6H3,(H,24,25). The van der Waals surface area contributed by atoms with Crippen molar-refractivity contribution in [2.75, 3.05) is 5.32 Å². The number of nitrogens with zero attached hydrogens (tertiary/aromatic N) is 1. The molecule has 0 atom stereocenters. The SMILES string of the molecule is CC(C)c1cccc(Nc2cc(B3OC(C)(C)C(C)(C)O3)ccc2C=N)n1. The molecular formula is C21H28BN3O2. The molecule has 1 aromatic carbocycles. The first-order valence-electron chi connectivity index (χ1n) is 9.37.